The van der Waals surface area contributed by atoms with Gasteiger partial charge in [-0.1, -0.05) is 3.89 Å². The number of nitrogens with zero attached hydrogens (tertiary/aromatic N) is 3. The zero-order valence-corrected chi connectivity index (χ0v) is 10.4. The Kier molecular flexibility index (Phi) is 4.97. The molecule has 0 aliphatic heterocycles. The number of aromatic nitrogens is 3. The number of rotatable bonds is 7. The second kappa shape index (κ2) is 6.03. The smallest absolute Gasteiger partial charge is 0.368 e. The molecule has 9 heteroatoms. The molecule has 0 fully saturated rings. The molecule has 0 aliphatic rings. The van der Waals surface area contributed by atoms with E-state index in [2.05, 4.69) is 10.2 Å². The highest BCUT2D eigenvalue weighted by Gasteiger charge is 2.23. The van der Waals surface area contributed by atoms with Crippen molar-refractivity contribution in [1.29, 1.82) is 0 Å². The fourth-order valence-corrected chi connectivity index (χ4v) is 1.86. The van der Waals surface area contributed by atoms with E-state index in [4.69, 9.17) is 9.47 Å². The number of methoxy groups -OCH3 is 1. The fraction of sp³-hybridized carbons (Fsp3) is 0.750. The van der Waals surface area contributed by atoms with E-state index in [1.54, 1.807) is 6.92 Å². The lowest BCUT2D eigenvalue weighted by Gasteiger charge is -2.07. The van der Waals surface area contributed by atoms with Gasteiger partial charge in [-0.15, -0.1) is 10.2 Å². The largest absolute Gasteiger partial charge is 0.380 e. The summed E-state index contributed by atoms with van der Waals surface area (Å²) >= 11 is 0. The summed E-state index contributed by atoms with van der Waals surface area (Å²) < 4.78 is 45.6. The van der Waals surface area contributed by atoms with Crippen LogP contribution < -0.4 is 0 Å². The number of hydrogen-bond acceptors (Lipinski definition) is 6. The van der Waals surface area contributed by atoms with Crippen molar-refractivity contribution in [2.45, 2.75) is 25.2 Å². The fourth-order valence-electron chi connectivity index (χ4n) is 1.26. The molecule has 17 heavy (non-hydrogen) atoms. The monoisotopic (exact) mass is 267 g/mol. The van der Waals surface area contributed by atoms with Gasteiger partial charge in [0.1, 0.15) is 6.61 Å². The molecule has 98 valence electrons. The average molecular weight is 267 g/mol. The molecule has 0 aliphatic carbocycles. The molecule has 0 N–H and O–H groups in total. The van der Waals surface area contributed by atoms with E-state index in [-0.39, 0.29) is 25.6 Å². The second-order valence-corrected chi connectivity index (χ2v) is 4.36. The predicted octanol–water partition coefficient (Wildman–Crippen LogP) is 0.119. The number of ether oxygens (including phenoxy) is 2. The summed E-state index contributed by atoms with van der Waals surface area (Å²) in [6.45, 7) is 2.73. The van der Waals surface area contributed by atoms with Crippen molar-refractivity contribution in [2.75, 3.05) is 20.3 Å². The molecule has 0 atom stereocenters. The second-order valence-electron chi connectivity index (χ2n) is 3.12. The Bertz CT molecular complexity index is 459. The van der Waals surface area contributed by atoms with Crippen LogP contribution in [-0.4, -0.2) is 43.5 Å². The van der Waals surface area contributed by atoms with E-state index in [0.29, 0.717) is 6.61 Å². The Balaban J connectivity index is 2.98. The molecule has 0 bridgehead atoms. The Morgan fingerprint density at radius 2 is 2.12 bits per heavy atom. The molecule has 1 aromatic rings. The SMILES string of the molecule is CCOCCn1c(COC)nnc1S(=O)(=O)F. The van der Waals surface area contributed by atoms with E-state index >= 15 is 0 Å². The first kappa shape index (κ1) is 14.0. The molecular weight excluding hydrogens is 253 g/mol. The summed E-state index contributed by atoms with van der Waals surface area (Å²) in [4.78, 5) is 0. The van der Waals surface area contributed by atoms with Crippen molar-refractivity contribution in [3.05, 3.63) is 5.82 Å². The predicted molar refractivity (Wildman–Crippen MR) is 55.5 cm³/mol. The lowest BCUT2D eigenvalue weighted by atomic mass is 10.6. The average Bonchev–Trinajstić information content (AvgIpc) is 2.62. The highest BCUT2D eigenvalue weighted by atomic mass is 32.3. The van der Waals surface area contributed by atoms with E-state index in [9.17, 15) is 12.3 Å². The molecule has 0 unspecified atom stereocenters. The van der Waals surface area contributed by atoms with Gasteiger partial charge in [-0.2, -0.15) is 8.42 Å². The maximum Gasteiger partial charge on any atom is 0.368 e. The van der Waals surface area contributed by atoms with E-state index in [1.165, 1.54) is 7.11 Å². The zero-order valence-electron chi connectivity index (χ0n) is 9.59. The van der Waals surface area contributed by atoms with Crippen LogP contribution >= 0.6 is 0 Å². The van der Waals surface area contributed by atoms with Crippen LogP contribution in [0.3, 0.4) is 0 Å². The standard InChI is InChI=1S/C8H14FN3O4S/c1-3-16-5-4-12-7(6-15-2)10-11-8(12)17(9,13)14/h3-6H2,1-2H3. The van der Waals surface area contributed by atoms with E-state index in [0.717, 1.165) is 4.57 Å². The molecule has 0 saturated carbocycles. The van der Waals surface area contributed by atoms with Crippen molar-refractivity contribution in [1.82, 2.24) is 14.8 Å². The highest BCUT2D eigenvalue weighted by Crippen LogP contribution is 2.12. The first-order valence-corrected chi connectivity index (χ1v) is 6.32. The number of hydrogen-bond donors (Lipinski definition) is 0. The van der Waals surface area contributed by atoms with Crippen molar-refractivity contribution in [3.8, 4) is 0 Å². The topological polar surface area (TPSA) is 83.3 Å². The van der Waals surface area contributed by atoms with Gasteiger partial charge < -0.3 is 9.47 Å². The van der Waals surface area contributed by atoms with Gasteiger partial charge in [-0.3, -0.25) is 4.57 Å². The van der Waals surface area contributed by atoms with Crippen LogP contribution in [0.4, 0.5) is 3.89 Å². The molecule has 1 heterocycles. The lowest BCUT2D eigenvalue weighted by molar-refractivity contribution is 0.131. The van der Waals surface area contributed by atoms with Crippen LogP contribution in [0.5, 0.6) is 0 Å². The molecular formula is C8H14FN3O4S. The van der Waals surface area contributed by atoms with Crippen LogP contribution in [0.25, 0.3) is 0 Å². The van der Waals surface area contributed by atoms with Crippen molar-refractivity contribution in [3.63, 3.8) is 0 Å². The summed E-state index contributed by atoms with van der Waals surface area (Å²) in [6.07, 6.45) is 0. The van der Waals surface area contributed by atoms with Gasteiger partial charge >= 0.3 is 10.2 Å². The van der Waals surface area contributed by atoms with Crippen molar-refractivity contribution >= 4 is 10.2 Å². The molecule has 0 spiro atoms. The van der Waals surface area contributed by atoms with Gasteiger partial charge in [0.2, 0.25) is 0 Å². The van der Waals surface area contributed by atoms with E-state index < -0.39 is 15.4 Å². The Hall–Kier alpha value is -1.06. The zero-order chi connectivity index (χ0) is 12.9. The Morgan fingerprint density at radius 3 is 2.65 bits per heavy atom. The Morgan fingerprint density at radius 1 is 1.41 bits per heavy atom. The van der Waals surface area contributed by atoms with Gasteiger partial charge in [-0.25, -0.2) is 0 Å². The molecule has 1 rings (SSSR count). The third-order valence-electron chi connectivity index (χ3n) is 1.95. The molecule has 0 saturated heterocycles. The van der Waals surface area contributed by atoms with Gasteiger partial charge in [-0.05, 0) is 6.92 Å². The summed E-state index contributed by atoms with van der Waals surface area (Å²) in [5, 5.41) is 6.15. The van der Waals surface area contributed by atoms with Crippen molar-refractivity contribution < 1.29 is 21.8 Å². The van der Waals surface area contributed by atoms with Crippen LogP contribution in [0.2, 0.25) is 0 Å². The summed E-state index contributed by atoms with van der Waals surface area (Å²) in [5.41, 5.74) is 0. The van der Waals surface area contributed by atoms with Crippen molar-refractivity contribution in [2.24, 2.45) is 0 Å². The minimum Gasteiger partial charge on any atom is -0.380 e. The number of halogens is 1. The maximum atomic E-state index is 12.9. The maximum absolute atomic E-state index is 12.9. The highest BCUT2D eigenvalue weighted by molar-refractivity contribution is 7.86. The normalized spacial score (nSPS) is 11.9. The van der Waals surface area contributed by atoms with Crippen LogP contribution in [0, 0.1) is 0 Å². The minimum absolute atomic E-state index is 0.0502. The third kappa shape index (κ3) is 3.72. The quantitative estimate of drug-likeness (QED) is 0.515. The summed E-state index contributed by atoms with van der Waals surface area (Å²) in [5.74, 6) is 0.239. The summed E-state index contributed by atoms with van der Waals surface area (Å²) in [6, 6.07) is 0. The van der Waals surface area contributed by atoms with Crippen LogP contribution in [-0.2, 0) is 32.8 Å². The summed E-state index contributed by atoms with van der Waals surface area (Å²) in [7, 11) is -3.47. The van der Waals surface area contributed by atoms with Gasteiger partial charge in [0, 0.05) is 13.7 Å². The van der Waals surface area contributed by atoms with Gasteiger partial charge in [0.25, 0.3) is 5.16 Å². The van der Waals surface area contributed by atoms with Gasteiger partial charge in [0.15, 0.2) is 5.82 Å². The van der Waals surface area contributed by atoms with Gasteiger partial charge in [0.05, 0.1) is 13.2 Å². The molecule has 7 nitrogen and oxygen atoms in total. The minimum atomic E-state index is -4.89. The lowest BCUT2D eigenvalue weighted by Crippen LogP contribution is -2.14. The van der Waals surface area contributed by atoms with Crippen LogP contribution in [0.15, 0.2) is 5.16 Å². The molecule has 1 aromatic heterocycles. The molecule has 0 aromatic carbocycles. The Labute approximate surface area is 98.8 Å². The molecule has 0 radical (unpaired) electrons. The molecule has 0 amide bonds. The first-order valence-electron chi connectivity index (χ1n) is 4.94. The first-order chi connectivity index (χ1) is 8.00. The van der Waals surface area contributed by atoms with Crippen LogP contribution in [0.1, 0.15) is 12.7 Å². The third-order valence-corrected chi connectivity index (χ3v) is 2.69. The van der Waals surface area contributed by atoms with E-state index in [1.807, 2.05) is 0 Å².